The molecule has 0 spiro atoms. The maximum Gasteiger partial charge on any atom is 1.00 e. The molecule has 0 unspecified atom stereocenters. The van der Waals surface area contributed by atoms with Gasteiger partial charge in [0.2, 0.25) is 0 Å². The zero-order valence-corrected chi connectivity index (χ0v) is 18.3. The van der Waals surface area contributed by atoms with Crippen molar-refractivity contribution >= 4 is 37.3 Å². The van der Waals surface area contributed by atoms with Crippen LogP contribution >= 0.6 is 19.4 Å². The Morgan fingerprint density at radius 2 is 1.57 bits per heavy atom. The number of carboxylic acid groups (broad SMARTS) is 3. The number of hydrogen-bond acceptors (Lipinski definition) is 5. The van der Waals surface area contributed by atoms with Gasteiger partial charge < -0.3 is 15.3 Å². The minimum absolute atomic E-state index is 0. The molecule has 23 heavy (non-hydrogen) atoms. The van der Waals surface area contributed by atoms with Crippen molar-refractivity contribution in [3.8, 4) is 0 Å². The van der Waals surface area contributed by atoms with Crippen LogP contribution in [-0.2, 0) is 31.3 Å². The van der Waals surface area contributed by atoms with E-state index in [1.807, 2.05) is 0 Å². The largest absolute Gasteiger partial charge is 1.00 e. The van der Waals surface area contributed by atoms with E-state index in [0.717, 1.165) is 4.90 Å². The van der Waals surface area contributed by atoms with E-state index in [4.69, 9.17) is 34.7 Å². The van der Waals surface area contributed by atoms with Crippen molar-refractivity contribution in [2.45, 2.75) is 6.54 Å². The van der Waals surface area contributed by atoms with Gasteiger partial charge in [-0.2, -0.15) is 0 Å². The molecule has 3 N–H and O–H groups in total. The number of carboxylic acids is 3. The standard InChI is InChI=1S/C11H12N2O6.2ClH.K.Ru/c14-9(15)5-13(6-10(16)17)4-7-2-1-3-8(12-7)11(18)19;;;;/h1-3H,4-6H2,(H,14,15)(H,16,17)(H,18,19);2*1H;;/q;;;2*+1/p-2. The van der Waals surface area contributed by atoms with Gasteiger partial charge in [-0.25, -0.2) is 9.78 Å². The number of halogens is 2. The zero-order chi connectivity index (χ0) is 17.1. The molecule has 0 aromatic carbocycles. The summed E-state index contributed by atoms with van der Waals surface area (Å²) in [7, 11) is 9.71. The van der Waals surface area contributed by atoms with Crippen molar-refractivity contribution in [2.75, 3.05) is 13.1 Å². The van der Waals surface area contributed by atoms with E-state index in [-0.39, 0.29) is 78.8 Å². The Morgan fingerprint density at radius 3 is 1.96 bits per heavy atom. The van der Waals surface area contributed by atoms with E-state index < -0.39 is 31.0 Å². The number of aromatic carboxylic acids is 1. The average Bonchev–Trinajstić information content (AvgIpc) is 2.38. The first-order valence-electron chi connectivity index (χ1n) is 5.50. The molecule has 0 aliphatic rings. The first-order valence-corrected chi connectivity index (χ1v) is 9.98. The van der Waals surface area contributed by atoms with Crippen molar-refractivity contribution in [1.82, 2.24) is 9.88 Å². The maximum atomic E-state index is 10.7. The summed E-state index contributed by atoms with van der Waals surface area (Å²) in [4.78, 5) is 36.9. The molecule has 1 aromatic heterocycles. The van der Waals surface area contributed by atoms with Crippen LogP contribution < -0.4 is 51.4 Å². The molecule has 0 aliphatic heterocycles. The minimum atomic E-state index is -1.20. The molecule has 0 saturated heterocycles. The fourth-order valence-electron chi connectivity index (χ4n) is 1.47. The predicted octanol–water partition coefficient (Wildman–Crippen LogP) is -1.87. The number of pyridine rings is 1. The molecule has 0 atom stereocenters. The second-order valence-corrected chi connectivity index (χ2v) is 6.44. The van der Waals surface area contributed by atoms with Gasteiger partial charge in [0.15, 0.2) is 0 Å². The van der Waals surface area contributed by atoms with E-state index in [9.17, 15) is 14.4 Å². The van der Waals surface area contributed by atoms with Gasteiger partial charge in [0.05, 0.1) is 18.8 Å². The Labute approximate surface area is 190 Å². The fraction of sp³-hybridized carbons (Fsp3) is 0.273. The van der Waals surface area contributed by atoms with Crippen molar-refractivity contribution in [3.63, 3.8) is 0 Å². The number of aromatic nitrogens is 1. The molecule has 1 rings (SSSR count). The van der Waals surface area contributed by atoms with E-state index in [0.29, 0.717) is 5.69 Å². The number of nitrogens with zero attached hydrogens (tertiary/aromatic N) is 2. The summed E-state index contributed by atoms with van der Waals surface area (Å²) in [5.41, 5.74) is 0.116. The molecule has 0 bridgehead atoms. The van der Waals surface area contributed by atoms with Gasteiger partial charge in [-0.15, -0.1) is 0 Å². The summed E-state index contributed by atoms with van der Waals surface area (Å²) >= 11 is -0.346. The van der Waals surface area contributed by atoms with Crippen LogP contribution in [0.15, 0.2) is 18.2 Å². The number of carbonyl (C=O) groups is 3. The molecular weight excluding hydrogens is 467 g/mol. The Hall–Kier alpha value is 0.360. The van der Waals surface area contributed by atoms with Crippen LogP contribution in [0, 0.1) is 0 Å². The maximum absolute atomic E-state index is 10.7. The minimum Gasteiger partial charge on any atom is 1.00 e. The third-order valence-electron chi connectivity index (χ3n) is 2.13. The van der Waals surface area contributed by atoms with Crippen LogP contribution in [0.5, 0.6) is 0 Å². The van der Waals surface area contributed by atoms with Crippen LogP contribution in [0.3, 0.4) is 0 Å². The molecule has 0 amide bonds. The molecule has 0 radical (unpaired) electrons. The molecular formula is C11H12Cl2KN2O6Ru. The molecule has 8 nitrogen and oxygen atoms in total. The van der Waals surface area contributed by atoms with Crippen LogP contribution in [-0.4, -0.2) is 56.2 Å². The van der Waals surface area contributed by atoms with Gasteiger partial charge >= 0.3 is 104 Å². The smallest absolute Gasteiger partial charge is 1.00 e. The Balaban J connectivity index is 0. The molecule has 1 heterocycles. The van der Waals surface area contributed by atoms with Gasteiger partial charge in [0.25, 0.3) is 0 Å². The summed E-state index contributed by atoms with van der Waals surface area (Å²) in [5, 5.41) is 26.1. The van der Waals surface area contributed by atoms with Crippen LogP contribution in [0.4, 0.5) is 0 Å². The first kappa shape index (κ1) is 25.6. The molecule has 1 aromatic rings. The second kappa shape index (κ2) is 14.7. The van der Waals surface area contributed by atoms with Crippen LogP contribution in [0.1, 0.15) is 16.2 Å². The van der Waals surface area contributed by atoms with Gasteiger partial charge in [-0.3, -0.25) is 14.5 Å². The van der Waals surface area contributed by atoms with E-state index in [2.05, 4.69) is 4.98 Å². The van der Waals surface area contributed by atoms with E-state index >= 15 is 0 Å². The summed E-state index contributed by atoms with van der Waals surface area (Å²) in [6.45, 7) is -0.990. The first-order chi connectivity index (χ1) is 10.3. The molecule has 0 fully saturated rings. The molecule has 0 saturated carbocycles. The third-order valence-corrected chi connectivity index (χ3v) is 2.13. The van der Waals surface area contributed by atoms with Crippen molar-refractivity contribution < 1.29 is 96.2 Å². The Bertz CT molecular complexity index is 521. The van der Waals surface area contributed by atoms with Gasteiger partial charge in [-0.05, 0) is 12.1 Å². The van der Waals surface area contributed by atoms with Crippen molar-refractivity contribution in [1.29, 1.82) is 0 Å². The van der Waals surface area contributed by atoms with E-state index in [1.54, 1.807) is 0 Å². The number of rotatable bonds is 7. The SMILES string of the molecule is O=C(O)CN(CC(=O)O)Cc1cccc(C(=O)O)n1.[Cl][Ru-][Cl].[K+]. The quantitative estimate of drug-likeness (QED) is 0.389. The summed E-state index contributed by atoms with van der Waals surface area (Å²) in [5.74, 6) is -3.55. The average molecular weight is 479 g/mol. The van der Waals surface area contributed by atoms with Crippen molar-refractivity contribution in [3.05, 3.63) is 29.6 Å². The molecule has 0 aliphatic carbocycles. The van der Waals surface area contributed by atoms with Gasteiger partial charge in [-0.1, -0.05) is 6.07 Å². The fourth-order valence-corrected chi connectivity index (χ4v) is 1.47. The normalized spacial score (nSPS) is 9.52. The van der Waals surface area contributed by atoms with Crippen LogP contribution in [0.25, 0.3) is 0 Å². The number of aliphatic carboxylic acids is 2. The summed E-state index contributed by atoms with van der Waals surface area (Å²) in [6.07, 6.45) is 0. The number of hydrogen-bond donors (Lipinski definition) is 3. The van der Waals surface area contributed by atoms with E-state index in [1.165, 1.54) is 18.2 Å². The Morgan fingerprint density at radius 1 is 1.09 bits per heavy atom. The topological polar surface area (TPSA) is 128 Å². The Kier molecular flexibility index (Phi) is 16.3. The van der Waals surface area contributed by atoms with Crippen LogP contribution in [0.2, 0.25) is 0 Å². The monoisotopic (exact) mass is 479 g/mol. The summed E-state index contributed by atoms with van der Waals surface area (Å²) < 4.78 is 0. The predicted molar refractivity (Wildman–Crippen MR) is 73.5 cm³/mol. The van der Waals surface area contributed by atoms with Gasteiger partial charge in [0, 0.05) is 6.54 Å². The van der Waals surface area contributed by atoms with Crippen molar-refractivity contribution in [2.24, 2.45) is 0 Å². The molecule has 125 valence electrons. The zero-order valence-electron chi connectivity index (χ0n) is 11.9. The van der Waals surface area contributed by atoms with Gasteiger partial charge in [0.1, 0.15) is 5.69 Å². The summed E-state index contributed by atoms with van der Waals surface area (Å²) in [6, 6.07) is 4.26. The molecule has 12 heteroatoms. The second-order valence-electron chi connectivity index (χ2n) is 3.80. The third kappa shape index (κ3) is 13.3.